The summed E-state index contributed by atoms with van der Waals surface area (Å²) in [5, 5.41) is 10.4. The molecule has 150 valence electrons. The minimum absolute atomic E-state index is 0.0176. The zero-order chi connectivity index (χ0) is 20.6. The highest BCUT2D eigenvalue weighted by Crippen LogP contribution is 2.30. The van der Waals surface area contributed by atoms with Crippen molar-refractivity contribution in [3.05, 3.63) is 59.8 Å². The summed E-state index contributed by atoms with van der Waals surface area (Å²) in [5.41, 5.74) is 0.861. The van der Waals surface area contributed by atoms with E-state index in [0.29, 0.717) is 16.8 Å². The SMILES string of the molecule is O=C(Nc1cccc2cn[nH]c12)[C@H]1CC(=O)N(Cc2cccc(C(F)(F)F)c2)C1. The first-order valence-electron chi connectivity index (χ1n) is 8.98. The van der Waals surface area contributed by atoms with Gasteiger partial charge in [-0.2, -0.15) is 18.3 Å². The van der Waals surface area contributed by atoms with Gasteiger partial charge in [-0.3, -0.25) is 14.7 Å². The van der Waals surface area contributed by atoms with Gasteiger partial charge in [0.25, 0.3) is 0 Å². The lowest BCUT2D eigenvalue weighted by molar-refractivity contribution is -0.137. The van der Waals surface area contributed by atoms with E-state index in [0.717, 1.165) is 17.5 Å². The fraction of sp³-hybridized carbons (Fsp3) is 0.250. The number of alkyl halides is 3. The van der Waals surface area contributed by atoms with E-state index in [1.165, 1.54) is 17.0 Å². The van der Waals surface area contributed by atoms with Crippen molar-refractivity contribution in [2.45, 2.75) is 19.1 Å². The molecule has 0 bridgehead atoms. The van der Waals surface area contributed by atoms with Gasteiger partial charge in [-0.25, -0.2) is 0 Å². The number of carbonyl (C=O) groups is 2. The van der Waals surface area contributed by atoms with Crippen LogP contribution in [-0.2, 0) is 22.3 Å². The predicted octanol–water partition coefficient (Wildman–Crippen LogP) is 3.57. The minimum Gasteiger partial charge on any atom is -0.338 e. The molecule has 0 spiro atoms. The summed E-state index contributed by atoms with van der Waals surface area (Å²) in [4.78, 5) is 26.4. The number of hydrogen-bond donors (Lipinski definition) is 2. The Hall–Kier alpha value is -3.36. The Bertz CT molecular complexity index is 1080. The molecular weight excluding hydrogens is 385 g/mol. The van der Waals surface area contributed by atoms with E-state index < -0.39 is 17.7 Å². The number of benzene rings is 2. The molecule has 3 aromatic rings. The van der Waals surface area contributed by atoms with Crippen LogP contribution in [0.2, 0.25) is 0 Å². The number of fused-ring (bicyclic) bond motifs is 1. The van der Waals surface area contributed by atoms with Crippen molar-refractivity contribution in [2.75, 3.05) is 11.9 Å². The molecule has 0 radical (unpaired) electrons. The Morgan fingerprint density at radius 1 is 1.24 bits per heavy atom. The number of nitrogens with zero attached hydrogens (tertiary/aromatic N) is 2. The lowest BCUT2D eigenvalue weighted by atomic mass is 10.1. The van der Waals surface area contributed by atoms with Crippen molar-refractivity contribution in [3.8, 4) is 0 Å². The lowest BCUT2D eigenvalue weighted by Crippen LogP contribution is -2.28. The van der Waals surface area contributed by atoms with E-state index in [2.05, 4.69) is 15.5 Å². The number of hydrogen-bond acceptors (Lipinski definition) is 3. The van der Waals surface area contributed by atoms with Crippen molar-refractivity contribution < 1.29 is 22.8 Å². The van der Waals surface area contributed by atoms with Gasteiger partial charge in [-0.05, 0) is 23.8 Å². The van der Waals surface area contributed by atoms with Crippen molar-refractivity contribution in [1.29, 1.82) is 0 Å². The molecule has 29 heavy (non-hydrogen) atoms. The van der Waals surface area contributed by atoms with Gasteiger partial charge in [0, 0.05) is 24.9 Å². The number of anilines is 1. The lowest BCUT2D eigenvalue weighted by Gasteiger charge is -2.18. The van der Waals surface area contributed by atoms with Crippen LogP contribution in [0.4, 0.5) is 18.9 Å². The minimum atomic E-state index is -4.44. The van der Waals surface area contributed by atoms with E-state index in [-0.39, 0.29) is 31.3 Å². The van der Waals surface area contributed by atoms with Gasteiger partial charge in [0.1, 0.15) is 0 Å². The molecule has 1 aliphatic heterocycles. The van der Waals surface area contributed by atoms with Gasteiger partial charge in [0.15, 0.2) is 0 Å². The molecule has 2 heterocycles. The Balaban J connectivity index is 1.44. The van der Waals surface area contributed by atoms with E-state index in [1.807, 2.05) is 6.07 Å². The molecule has 6 nitrogen and oxygen atoms in total. The summed E-state index contributed by atoms with van der Waals surface area (Å²) in [6.07, 6.45) is -2.79. The second-order valence-electron chi connectivity index (χ2n) is 7.00. The van der Waals surface area contributed by atoms with Crippen LogP contribution in [0.15, 0.2) is 48.7 Å². The Morgan fingerprint density at radius 3 is 2.83 bits per heavy atom. The molecule has 2 N–H and O–H groups in total. The second kappa shape index (κ2) is 7.23. The summed E-state index contributed by atoms with van der Waals surface area (Å²) in [7, 11) is 0. The number of H-pyrrole nitrogens is 1. The molecule has 1 aromatic heterocycles. The highest BCUT2D eigenvalue weighted by atomic mass is 19.4. The van der Waals surface area contributed by atoms with Crippen LogP contribution >= 0.6 is 0 Å². The molecule has 0 saturated carbocycles. The summed E-state index contributed by atoms with van der Waals surface area (Å²) in [6.45, 7) is 0.183. The van der Waals surface area contributed by atoms with Crippen LogP contribution < -0.4 is 5.32 Å². The number of para-hydroxylation sites is 1. The van der Waals surface area contributed by atoms with Crippen molar-refractivity contribution in [3.63, 3.8) is 0 Å². The average molecular weight is 402 g/mol. The van der Waals surface area contributed by atoms with E-state index >= 15 is 0 Å². The highest BCUT2D eigenvalue weighted by molar-refractivity contribution is 6.02. The average Bonchev–Trinajstić information content (AvgIpc) is 3.29. The number of aromatic nitrogens is 2. The molecule has 0 unspecified atom stereocenters. The van der Waals surface area contributed by atoms with Crippen LogP contribution in [-0.4, -0.2) is 33.5 Å². The second-order valence-corrected chi connectivity index (χ2v) is 7.00. The maximum atomic E-state index is 12.9. The molecule has 0 aliphatic carbocycles. The quantitative estimate of drug-likeness (QED) is 0.700. The van der Waals surface area contributed by atoms with Crippen LogP contribution in [0, 0.1) is 5.92 Å². The van der Waals surface area contributed by atoms with Crippen LogP contribution in [0.25, 0.3) is 10.9 Å². The standard InChI is InChI=1S/C20H17F3N4O2/c21-20(22,23)15-5-1-3-12(7-15)10-27-11-14(8-17(27)28)19(29)25-16-6-2-4-13-9-24-26-18(13)16/h1-7,9,14H,8,10-11H2,(H,24,26)(H,25,29)/t14-/m0/s1. The molecule has 1 aliphatic rings. The van der Waals surface area contributed by atoms with Crippen molar-refractivity contribution in [1.82, 2.24) is 15.1 Å². The number of likely N-dealkylation sites (tertiary alicyclic amines) is 1. The van der Waals surface area contributed by atoms with Crippen molar-refractivity contribution in [2.24, 2.45) is 5.92 Å². The van der Waals surface area contributed by atoms with Crippen LogP contribution in [0.3, 0.4) is 0 Å². The summed E-state index contributed by atoms with van der Waals surface area (Å²) >= 11 is 0. The van der Waals surface area contributed by atoms with Gasteiger partial charge >= 0.3 is 6.18 Å². The number of nitrogens with one attached hydrogen (secondary N) is 2. The molecule has 9 heteroatoms. The van der Waals surface area contributed by atoms with E-state index in [4.69, 9.17) is 0 Å². The molecule has 1 atom stereocenters. The third-order valence-corrected chi connectivity index (χ3v) is 4.95. The van der Waals surface area contributed by atoms with E-state index in [9.17, 15) is 22.8 Å². The molecular formula is C20H17F3N4O2. The number of rotatable bonds is 4. The fourth-order valence-corrected chi connectivity index (χ4v) is 3.47. The molecule has 2 aromatic carbocycles. The molecule has 2 amide bonds. The van der Waals surface area contributed by atoms with Crippen LogP contribution in [0.5, 0.6) is 0 Å². The Labute approximate surface area is 163 Å². The smallest absolute Gasteiger partial charge is 0.338 e. The number of amides is 2. The maximum Gasteiger partial charge on any atom is 0.416 e. The van der Waals surface area contributed by atoms with E-state index in [1.54, 1.807) is 18.3 Å². The third kappa shape index (κ3) is 3.94. The number of aromatic amines is 1. The molecule has 1 fully saturated rings. The van der Waals surface area contributed by atoms with Gasteiger partial charge < -0.3 is 10.2 Å². The summed E-state index contributed by atoms with van der Waals surface area (Å²) in [5.74, 6) is -1.15. The summed E-state index contributed by atoms with van der Waals surface area (Å²) < 4.78 is 38.6. The normalized spacial score (nSPS) is 17.1. The largest absolute Gasteiger partial charge is 0.416 e. The predicted molar refractivity (Wildman–Crippen MR) is 99.7 cm³/mol. The molecule has 1 saturated heterocycles. The number of halogens is 3. The summed E-state index contributed by atoms with van der Waals surface area (Å²) in [6, 6.07) is 10.2. The van der Waals surface area contributed by atoms with Gasteiger partial charge in [0.2, 0.25) is 11.8 Å². The van der Waals surface area contributed by atoms with Gasteiger partial charge in [0.05, 0.1) is 28.9 Å². The maximum absolute atomic E-state index is 12.9. The van der Waals surface area contributed by atoms with Crippen molar-refractivity contribution >= 4 is 28.4 Å². The first-order chi connectivity index (χ1) is 13.8. The zero-order valence-corrected chi connectivity index (χ0v) is 15.2. The third-order valence-electron chi connectivity index (χ3n) is 4.95. The monoisotopic (exact) mass is 402 g/mol. The first-order valence-corrected chi connectivity index (χ1v) is 8.98. The molecule has 4 rings (SSSR count). The number of carbonyl (C=O) groups excluding carboxylic acids is 2. The Morgan fingerprint density at radius 2 is 2.03 bits per heavy atom. The highest BCUT2D eigenvalue weighted by Gasteiger charge is 2.35. The topological polar surface area (TPSA) is 78.1 Å². The van der Waals surface area contributed by atoms with Gasteiger partial charge in [-0.1, -0.05) is 24.3 Å². The fourth-order valence-electron chi connectivity index (χ4n) is 3.47. The van der Waals surface area contributed by atoms with Gasteiger partial charge in [-0.15, -0.1) is 0 Å². The first kappa shape index (κ1) is 19.0. The van der Waals surface area contributed by atoms with Crippen LogP contribution in [0.1, 0.15) is 17.5 Å². The zero-order valence-electron chi connectivity index (χ0n) is 15.2. The Kier molecular flexibility index (Phi) is 4.73.